The number of hydrogen-bond donors (Lipinski definition) is 1. The van der Waals surface area contributed by atoms with Crippen molar-refractivity contribution in [3.63, 3.8) is 0 Å². The quantitative estimate of drug-likeness (QED) is 0.505. The minimum atomic E-state index is -0.374. The number of anilines is 1. The molecule has 0 fully saturated rings. The number of nitrogens with zero attached hydrogens (tertiary/aromatic N) is 2. The van der Waals surface area contributed by atoms with Crippen LogP contribution in [0.1, 0.15) is 39.1 Å². The van der Waals surface area contributed by atoms with Crippen LogP contribution >= 0.6 is 0 Å². The molecule has 1 heterocycles. The molecule has 3 aromatic rings. The number of ether oxygens (including phenoxy) is 1. The van der Waals surface area contributed by atoms with Gasteiger partial charge in [0.05, 0.1) is 11.7 Å². The summed E-state index contributed by atoms with van der Waals surface area (Å²) in [5.41, 5.74) is 2.13. The predicted octanol–water partition coefficient (Wildman–Crippen LogP) is 2.87. The van der Waals surface area contributed by atoms with Gasteiger partial charge in [0.2, 0.25) is 6.41 Å². The Morgan fingerprint density at radius 3 is 2.68 bits per heavy atom. The van der Waals surface area contributed by atoms with Gasteiger partial charge in [-0.1, -0.05) is 35.5 Å². The summed E-state index contributed by atoms with van der Waals surface area (Å²) in [5, 5.41) is 6.65. The molecular formula is C23H23N3O5. The SMILES string of the molecule is C[C@H](COc1ccc(C=O)cc1N(C)C=O)NC(=O)c1cc(Cc2ccccc2)on1. The van der Waals surface area contributed by atoms with Gasteiger partial charge in [0.1, 0.15) is 24.4 Å². The Morgan fingerprint density at radius 2 is 1.97 bits per heavy atom. The monoisotopic (exact) mass is 421 g/mol. The molecule has 0 saturated heterocycles. The van der Waals surface area contributed by atoms with Crippen LogP contribution in [0.5, 0.6) is 5.75 Å². The molecule has 0 aliphatic rings. The molecule has 1 aromatic heterocycles. The van der Waals surface area contributed by atoms with Crippen molar-refractivity contribution in [1.82, 2.24) is 10.5 Å². The van der Waals surface area contributed by atoms with E-state index in [2.05, 4.69) is 10.5 Å². The van der Waals surface area contributed by atoms with E-state index in [1.165, 1.54) is 4.90 Å². The predicted molar refractivity (Wildman–Crippen MR) is 114 cm³/mol. The molecule has 0 bridgehead atoms. The lowest BCUT2D eigenvalue weighted by atomic mass is 10.1. The zero-order valence-corrected chi connectivity index (χ0v) is 17.3. The van der Waals surface area contributed by atoms with Gasteiger partial charge < -0.3 is 19.5 Å². The van der Waals surface area contributed by atoms with Crippen molar-refractivity contribution in [1.29, 1.82) is 0 Å². The Hall–Kier alpha value is -3.94. The summed E-state index contributed by atoms with van der Waals surface area (Å²) in [5.74, 6) is 0.644. The van der Waals surface area contributed by atoms with Crippen LogP contribution in [0.2, 0.25) is 0 Å². The highest BCUT2D eigenvalue weighted by molar-refractivity contribution is 5.92. The Kier molecular flexibility index (Phi) is 7.16. The van der Waals surface area contributed by atoms with Crippen LogP contribution in [0, 0.1) is 0 Å². The molecule has 0 aliphatic carbocycles. The highest BCUT2D eigenvalue weighted by Gasteiger charge is 2.17. The summed E-state index contributed by atoms with van der Waals surface area (Å²) in [7, 11) is 1.56. The van der Waals surface area contributed by atoms with E-state index in [-0.39, 0.29) is 24.2 Å². The number of carbonyl (C=O) groups is 3. The summed E-state index contributed by atoms with van der Waals surface area (Å²) in [6.07, 6.45) is 1.86. The van der Waals surface area contributed by atoms with Crippen LogP contribution in [-0.4, -0.2) is 43.5 Å². The first-order valence-corrected chi connectivity index (χ1v) is 9.70. The molecule has 1 atom stereocenters. The molecule has 0 unspecified atom stereocenters. The summed E-state index contributed by atoms with van der Waals surface area (Å²) in [4.78, 5) is 35.9. The first-order chi connectivity index (χ1) is 15.0. The van der Waals surface area contributed by atoms with E-state index in [1.807, 2.05) is 30.3 Å². The Bertz CT molecular complexity index is 1050. The van der Waals surface area contributed by atoms with Gasteiger partial charge in [-0.15, -0.1) is 0 Å². The van der Waals surface area contributed by atoms with Crippen molar-refractivity contribution in [2.75, 3.05) is 18.6 Å². The van der Waals surface area contributed by atoms with E-state index in [4.69, 9.17) is 9.26 Å². The summed E-state index contributed by atoms with van der Waals surface area (Å²) in [6, 6.07) is 15.8. The van der Waals surface area contributed by atoms with Crippen LogP contribution < -0.4 is 15.0 Å². The van der Waals surface area contributed by atoms with Gasteiger partial charge in [0.15, 0.2) is 5.69 Å². The van der Waals surface area contributed by atoms with Crippen LogP contribution in [0.3, 0.4) is 0 Å². The summed E-state index contributed by atoms with van der Waals surface area (Å²) >= 11 is 0. The molecule has 3 rings (SSSR count). The van der Waals surface area contributed by atoms with Crippen molar-refractivity contribution in [2.24, 2.45) is 0 Å². The molecule has 1 N–H and O–H groups in total. The first kappa shape index (κ1) is 21.8. The maximum absolute atomic E-state index is 12.5. The smallest absolute Gasteiger partial charge is 0.273 e. The molecule has 160 valence electrons. The average Bonchev–Trinajstić information content (AvgIpc) is 3.26. The Morgan fingerprint density at radius 1 is 1.19 bits per heavy atom. The maximum atomic E-state index is 12.5. The minimum absolute atomic E-state index is 0.153. The third kappa shape index (κ3) is 5.79. The zero-order chi connectivity index (χ0) is 22.2. The third-order valence-electron chi connectivity index (χ3n) is 4.54. The van der Waals surface area contributed by atoms with Gasteiger partial charge in [0, 0.05) is 25.1 Å². The second-order valence-corrected chi connectivity index (χ2v) is 7.09. The topological polar surface area (TPSA) is 102 Å². The van der Waals surface area contributed by atoms with Gasteiger partial charge in [-0.2, -0.15) is 0 Å². The molecule has 8 nitrogen and oxygen atoms in total. The van der Waals surface area contributed by atoms with Crippen molar-refractivity contribution < 1.29 is 23.6 Å². The maximum Gasteiger partial charge on any atom is 0.273 e. The highest BCUT2D eigenvalue weighted by atomic mass is 16.5. The second-order valence-electron chi connectivity index (χ2n) is 7.09. The molecule has 0 saturated carbocycles. The number of carbonyl (C=O) groups excluding carboxylic acids is 3. The van der Waals surface area contributed by atoms with Crippen molar-refractivity contribution in [3.05, 3.63) is 77.2 Å². The van der Waals surface area contributed by atoms with Gasteiger partial charge >= 0.3 is 0 Å². The van der Waals surface area contributed by atoms with E-state index >= 15 is 0 Å². The highest BCUT2D eigenvalue weighted by Crippen LogP contribution is 2.28. The lowest BCUT2D eigenvalue weighted by molar-refractivity contribution is -0.107. The number of hydrogen-bond acceptors (Lipinski definition) is 6. The van der Waals surface area contributed by atoms with Crippen LogP contribution in [0.4, 0.5) is 5.69 Å². The average molecular weight is 421 g/mol. The first-order valence-electron chi connectivity index (χ1n) is 9.70. The fourth-order valence-corrected chi connectivity index (χ4v) is 2.92. The van der Waals surface area contributed by atoms with Crippen LogP contribution in [0.15, 0.2) is 59.1 Å². The van der Waals surface area contributed by atoms with Gasteiger partial charge in [0.25, 0.3) is 5.91 Å². The lowest BCUT2D eigenvalue weighted by Gasteiger charge is -2.19. The third-order valence-corrected chi connectivity index (χ3v) is 4.54. The van der Waals surface area contributed by atoms with Crippen LogP contribution in [-0.2, 0) is 11.2 Å². The molecule has 0 spiro atoms. The fraction of sp³-hybridized carbons (Fsp3) is 0.217. The minimum Gasteiger partial charge on any atom is -0.489 e. The Labute approximate surface area is 179 Å². The second kappa shape index (κ2) is 10.2. The molecule has 31 heavy (non-hydrogen) atoms. The molecule has 2 amide bonds. The van der Waals surface area contributed by atoms with Gasteiger partial charge in [-0.05, 0) is 30.7 Å². The number of amides is 2. The van der Waals surface area contributed by atoms with Crippen molar-refractivity contribution >= 4 is 24.3 Å². The number of aldehydes is 1. The van der Waals surface area contributed by atoms with E-state index in [0.717, 1.165) is 5.56 Å². The number of rotatable bonds is 10. The zero-order valence-electron chi connectivity index (χ0n) is 17.3. The van der Waals surface area contributed by atoms with Crippen molar-refractivity contribution in [3.8, 4) is 5.75 Å². The summed E-state index contributed by atoms with van der Waals surface area (Å²) in [6.45, 7) is 1.94. The normalized spacial score (nSPS) is 11.4. The van der Waals surface area contributed by atoms with E-state index in [1.54, 1.807) is 38.2 Å². The fourth-order valence-electron chi connectivity index (χ4n) is 2.92. The van der Waals surface area contributed by atoms with Gasteiger partial charge in [-0.25, -0.2) is 0 Å². The van der Waals surface area contributed by atoms with E-state index < -0.39 is 0 Å². The number of aromatic nitrogens is 1. The number of nitrogens with one attached hydrogen (secondary N) is 1. The Balaban J connectivity index is 1.58. The summed E-state index contributed by atoms with van der Waals surface area (Å²) < 4.78 is 11.0. The molecule has 2 aromatic carbocycles. The van der Waals surface area contributed by atoms with E-state index in [9.17, 15) is 14.4 Å². The largest absolute Gasteiger partial charge is 0.489 e. The molecule has 8 heteroatoms. The number of benzene rings is 2. The van der Waals surface area contributed by atoms with E-state index in [0.29, 0.717) is 41.9 Å². The molecule has 0 radical (unpaired) electrons. The van der Waals surface area contributed by atoms with Crippen molar-refractivity contribution in [2.45, 2.75) is 19.4 Å². The molecular weight excluding hydrogens is 398 g/mol. The molecule has 0 aliphatic heterocycles. The standard InChI is InChI=1S/C23H23N3O5/c1-16(14-30-22-9-8-18(13-27)11-21(22)26(2)15-28)24-23(29)20-12-19(31-25-20)10-17-6-4-3-5-7-17/h3-9,11-13,15-16H,10,14H2,1-2H3,(H,24,29)/t16-/m1/s1. The lowest BCUT2D eigenvalue weighted by Crippen LogP contribution is -2.37. The van der Waals surface area contributed by atoms with Crippen LogP contribution in [0.25, 0.3) is 0 Å². The van der Waals surface area contributed by atoms with Gasteiger partial charge in [-0.3, -0.25) is 14.4 Å².